The summed E-state index contributed by atoms with van der Waals surface area (Å²) >= 11 is 0. The first-order valence-corrected chi connectivity index (χ1v) is 23.6. The van der Waals surface area contributed by atoms with Crippen LogP contribution in [0, 0.1) is 0 Å². The van der Waals surface area contributed by atoms with Gasteiger partial charge in [-0.2, -0.15) is 0 Å². The van der Waals surface area contributed by atoms with Gasteiger partial charge in [0, 0.05) is 52.6 Å². The number of fused-ring (bicyclic) bond motifs is 6. The molecule has 0 atom stereocenters. The van der Waals surface area contributed by atoms with Gasteiger partial charge in [0.2, 0.25) is 0 Å². The van der Waals surface area contributed by atoms with Crippen LogP contribution < -0.4 is 29.5 Å². The van der Waals surface area contributed by atoms with Crippen LogP contribution in [0.1, 0.15) is 97.8 Å². The molecule has 0 unspecified atom stereocenters. The van der Waals surface area contributed by atoms with Crippen molar-refractivity contribution in [2.45, 2.75) is 38.5 Å². The van der Waals surface area contributed by atoms with Crippen LogP contribution in [0.3, 0.4) is 0 Å². The summed E-state index contributed by atoms with van der Waals surface area (Å²) in [7, 11) is 0. The van der Waals surface area contributed by atoms with Crippen molar-refractivity contribution in [3.05, 3.63) is 284 Å². The van der Waals surface area contributed by atoms with E-state index in [9.17, 15) is 29.7 Å². The van der Waals surface area contributed by atoms with Crippen LogP contribution in [0.4, 0.5) is 0 Å². The van der Waals surface area contributed by atoms with E-state index in [2.05, 4.69) is 0 Å². The van der Waals surface area contributed by atoms with Crippen LogP contribution in [0.2, 0.25) is 0 Å². The second kappa shape index (κ2) is 22.2. The van der Waals surface area contributed by atoms with E-state index in [1.807, 2.05) is 200 Å². The molecule has 0 fully saturated rings. The van der Waals surface area contributed by atoms with E-state index in [0.29, 0.717) is 72.5 Å². The van der Waals surface area contributed by atoms with Crippen LogP contribution in [-0.2, 0) is 55.9 Å². The minimum atomic E-state index is -1.15. The Bertz CT molecular complexity index is 3120. The molecule has 0 bridgehead atoms. The number of ether oxygens (including phenoxy) is 3. The van der Waals surface area contributed by atoms with Crippen molar-refractivity contribution in [1.29, 1.82) is 0 Å². The summed E-state index contributed by atoms with van der Waals surface area (Å²) in [4.78, 5) is 35.5. The smallest absolute Gasteiger partial charge is 0.545 e. The van der Waals surface area contributed by atoms with E-state index in [1.165, 1.54) is 0 Å². The van der Waals surface area contributed by atoms with Gasteiger partial charge in [-0.3, -0.25) is 0 Å². The Balaban J connectivity index is 0.000000134. The average molecular weight is 998 g/mol. The standard InChI is InChI=1S/3C21H16O3.Cr/c3*22-21(23)20-16(12-14-6-2-1-3-7-14)10-11-19-17(20)13-15-8-4-5-9-18(15)24-19;/h3*1-11H,12-13H2,(H,22,23);/q;;;+3/p-3. The van der Waals surface area contributed by atoms with Crippen molar-refractivity contribution in [3.8, 4) is 34.5 Å². The largest absolute Gasteiger partial charge is 3.00 e. The normalized spacial score (nSPS) is 11.8. The summed E-state index contributed by atoms with van der Waals surface area (Å²) in [5.74, 6) is 0.696. The number of carbonyl (C=O) groups excluding carboxylic acids is 3. The molecule has 9 nitrogen and oxygen atoms in total. The fourth-order valence-corrected chi connectivity index (χ4v) is 9.67. The number of carboxylic acid groups (broad SMARTS) is 3. The van der Waals surface area contributed by atoms with Crippen molar-refractivity contribution < 1.29 is 61.3 Å². The molecule has 0 saturated carbocycles. The third kappa shape index (κ3) is 11.0. The molecule has 0 aromatic heterocycles. The Morgan fingerprint density at radius 1 is 0.315 bits per heavy atom. The van der Waals surface area contributed by atoms with Gasteiger partial charge in [0.05, 0.1) is 17.9 Å². The Morgan fingerprint density at radius 3 is 0.822 bits per heavy atom. The van der Waals surface area contributed by atoms with E-state index in [1.54, 1.807) is 0 Å². The van der Waals surface area contributed by atoms with Crippen molar-refractivity contribution in [3.63, 3.8) is 0 Å². The van der Waals surface area contributed by atoms with E-state index in [0.717, 1.165) is 67.3 Å². The number of hydrogen-bond acceptors (Lipinski definition) is 9. The first kappa shape index (κ1) is 49.3. The fraction of sp³-hybridized carbons (Fsp3) is 0.0952. The zero-order valence-electron chi connectivity index (χ0n) is 39.4. The number of para-hydroxylation sites is 3. The quantitative estimate of drug-likeness (QED) is 0.138. The second-order valence-corrected chi connectivity index (χ2v) is 17.7. The monoisotopic (exact) mass is 997 g/mol. The number of aromatic carboxylic acids is 3. The zero-order valence-corrected chi connectivity index (χ0v) is 40.7. The summed E-state index contributed by atoms with van der Waals surface area (Å²) < 4.78 is 17.6. The predicted octanol–water partition coefficient (Wildman–Crippen LogP) is 10.0. The molecule has 357 valence electrons. The van der Waals surface area contributed by atoms with E-state index < -0.39 is 17.9 Å². The number of rotatable bonds is 9. The number of carboxylic acids is 3. The van der Waals surface area contributed by atoms with Crippen LogP contribution in [0.25, 0.3) is 0 Å². The zero-order chi connectivity index (χ0) is 49.6. The van der Waals surface area contributed by atoms with Crippen LogP contribution in [-0.4, -0.2) is 17.9 Å². The molecule has 0 amide bonds. The van der Waals surface area contributed by atoms with Gasteiger partial charge in [0.1, 0.15) is 34.5 Å². The van der Waals surface area contributed by atoms with Crippen molar-refractivity contribution in [2.24, 2.45) is 0 Å². The van der Waals surface area contributed by atoms with Gasteiger partial charge in [-0.1, -0.05) is 164 Å². The molecule has 10 heteroatoms. The molecule has 73 heavy (non-hydrogen) atoms. The summed E-state index contributed by atoms with van der Waals surface area (Å²) in [6.07, 6.45) is 3.28. The predicted molar refractivity (Wildman–Crippen MR) is 268 cm³/mol. The topological polar surface area (TPSA) is 148 Å². The molecule has 1 radical (unpaired) electrons. The molecular weight excluding hydrogens is 953 g/mol. The van der Waals surface area contributed by atoms with Gasteiger partial charge in [0.25, 0.3) is 0 Å². The Hall–Kier alpha value is -8.68. The number of carbonyl (C=O) groups is 3. The molecule has 3 heterocycles. The minimum Gasteiger partial charge on any atom is -0.545 e. The molecule has 0 aliphatic carbocycles. The maximum absolute atomic E-state index is 11.8. The maximum atomic E-state index is 11.8. The van der Waals surface area contributed by atoms with Crippen LogP contribution in [0.15, 0.2) is 200 Å². The molecule has 9 aromatic rings. The summed E-state index contributed by atoms with van der Waals surface area (Å²) in [5.41, 5.74) is 11.3. The molecule has 0 saturated heterocycles. The van der Waals surface area contributed by atoms with Gasteiger partial charge >= 0.3 is 17.4 Å². The van der Waals surface area contributed by atoms with Gasteiger partial charge < -0.3 is 43.9 Å². The van der Waals surface area contributed by atoms with Crippen LogP contribution >= 0.6 is 0 Å². The molecular formula is C63H45CrO9. The fourth-order valence-electron chi connectivity index (χ4n) is 9.67. The SMILES string of the molecule is O=C([O-])c1c(Cc2ccccc2)ccc2c1Cc1ccccc1O2.O=C([O-])c1c(Cc2ccccc2)ccc2c1Cc1ccccc1O2.O=C([O-])c1c(Cc2ccccc2)ccc2c1Cc1ccccc1O2.[Cr+3]. The van der Waals surface area contributed by atoms with Crippen molar-refractivity contribution in [2.75, 3.05) is 0 Å². The molecule has 0 N–H and O–H groups in total. The Labute approximate surface area is 433 Å². The maximum Gasteiger partial charge on any atom is 3.00 e. The van der Waals surface area contributed by atoms with Gasteiger partial charge in [-0.05, 0) is 106 Å². The third-order valence-electron chi connectivity index (χ3n) is 13.1. The molecule has 3 aliphatic rings. The van der Waals surface area contributed by atoms with E-state index in [4.69, 9.17) is 14.2 Å². The first-order chi connectivity index (χ1) is 35.2. The van der Waals surface area contributed by atoms with Crippen molar-refractivity contribution >= 4 is 17.9 Å². The van der Waals surface area contributed by atoms with Gasteiger partial charge in [-0.25, -0.2) is 0 Å². The molecule has 3 aliphatic heterocycles. The van der Waals surface area contributed by atoms with Gasteiger partial charge in [0.15, 0.2) is 0 Å². The molecule has 9 aromatic carbocycles. The average Bonchev–Trinajstić information content (AvgIpc) is 3.40. The minimum absolute atomic E-state index is 0. The summed E-state index contributed by atoms with van der Waals surface area (Å²) in [5, 5.41) is 35.5. The first-order valence-electron chi connectivity index (χ1n) is 23.6. The summed E-state index contributed by atoms with van der Waals surface area (Å²) in [6.45, 7) is 0. The van der Waals surface area contributed by atoms with E-state index >= 15 is 0 Å². The Morgan fingerprint density at radius 2 is 0.562 bits per heavy atom. The number of hydrogen-bond donors (Lipinski definition) is 0. The van der Waals surface area contributed by atoms with Gasteiger partial charge in [-0.15, -0.1) is 0 Å². The number of benzene rings is 9. The van der Waals surface area contributed by atoms with Crippen LogP contribution in [0.5, 0.6) is 34.5 Å². The Kier molecular flexibility index (Phi) is 15.0. The third-order valence-corrected chi connectivity index (χ3v) is 13.1. The van der Waals surface area contributed by atoms with Crippen molar-refractivity contribution in [1.82, 2.24) is 0 Å². The summed E-state index contributed by atoms with van der Waals surface area (Å²) in [6, 6.07) is 63.6. The molecule has 0 spiro atoms. The molecule has 12 rings (SSSR count). The second-order valence-electron chi connectivity index (χ2n) is 17.7. The van der Waals surface area contributed by atoms with E-state index in [-0.39, 0.29) is 34.1 Å².